The zero-order valence-electron chi connectivity index (χ0n) is 22.6. The van der Waals surface area contributed by atoms with Crippen LogP contribution in [0.25, 0.3) is 11.4 Å². The fourth-order valence-electron chi connectivity index (χ4n) is 5.39. The van der Waals surface area contributed by atoms with E-state index in [1.54, 1.807) is 22.4 Å². The van der Waals surface area contributed by atoms with E-state index in [-0.39, 0.29) is 11.3 Å². The van der Waals surface area contributed by atoms with Gasteiger partial charge in [0.25, 0.3) is 11.7 Å². The molecule has 1 fully saturated rings. The summed E-state index contributed by atoms with van der Waals surface area (Å²) in [5, 5.41) is 11.7. The van der Waals surface area contributed by atoms with E-state index in [2.05, 4.69) is 4.98 Å². The summed E-state index contributed by atoms with van der Waals surface area (Å²) >= 11 is 0. The minimum atomic E-state index is -0.798. The lowest BCUT2D eigenvalue weighted by Gasteiger charge is -2.26. The van der Waals surface area contributed by atoms with E-state index >= 15 is 0 Å². The van der Waals surface area contributed by atoms with Crippen molar-refractivity contribution in [1.82, 2.24) is 14.3 Å². The number of likely N-dealkylation sites (tertiary alicyclic amines) is 1. The number of aliphatic hydroxyl groups is 1. The SMILES string of the molecule is Cc1nc2ccccn2c1C(O)=C1C(=O)C(=O)N(CCc2ccccc2)C1c1cccc(OCc2ccccc2)c1. The molecule has 1 atom stereocenters. The van der Waals surface area contributed by atoms with Crippen LogP contribution in [-0.2, 0) is 22.6 Å². The Hall–Kier alpha value is -5.17. The van der Waals surface area contributed by atoms with Crippen LogP contribution >= 0.6 is 0 Å². The fourth-order valence-corrected chi connectivity index (χ4v) is 5.39. The van der Waals surface area contributed by atoms with Crippen LogP contribution < -0.4 is 4.74 Å². The third kappa shape index (κ3) is 5.10. The first-order chi connectivity index (χ1) is 20.0. The molecule has 1 unspecified atom stereocenters. The first-order valence-electron chi connectivity index (χ1n) is 13.5. The number of aliphatic hydroxyl groups excluding tert-OH is 1. The Bertz CT molecular complexity index is 1760. The molecule has 3 heterocycles. The Morgan fingerprint density at radius 2 is 1.59 bits per heavy atom. The van der Waals surface area contributed by atoms with Crippen LogP contribution in [0.4, 0.5) is 0 Å². The van der Waals surface area contributed by atoms with Gasteiger partial charge >= 0.3 is 0 Å². The molecule has 0 bridgehead atoms. The molecule has 6 rings (SSSR count). The number of aryl methyl sites for hydroxylation is 1. The van der Waals surface area contributed by atoms with Crippen molar-refractivity contribution in [3.05, 3.63) is 143 Å². The number of imidazole rings is 1. The molecule has 1 aliphatic rings. The molecule has 7 nitrogen and oxygen atoms in total. The number of nitrogens with zero attached hydrogens (tertiary/aromatic N) is 3. The minimum absolute atomic E-state index is 0.0389. The highest BCUT2D eigenvalue weighted by molar-refractivity contribution is 6.46. The molecular weight excluding hydrogens is 514 g/mol. The highest BCUT2D eigenvalue weighted by Crippen LogP contribution is 2.41. The second-order valence-electron chi connectivity index (χ2n) is 10.0. The number of pyridine rings is 1. The number of aromatic nitrogens is 2. The van der Waals surface area contributed by atoms with Crippen molar-refractivity contribution in [2.45, 2.75) is 26.0 Å². The number of hydrogen-bond acceptors (Lipinski definition) is 5. The van der Waals surface area contributed by atoms with Gasteiger partial charge in [0.2, 0.25) is 0 Å². The van der Waals surface area contributed by atoms with E-state index in [1.165, 1.54) is 0 Å². The molecule has 7 heteroatoms. The molecule has 2 aromatic heterocycles. The number of carbonyl (C=O) groups is 2. The largest absolute Gasteiger partial charge is 0.505 e. The lowest BCUT2D eigenvalue weighted by molar-refractivity contribution is -0.139. The monoisotopic (exact) mass is 543 g/mol. The molecule has 1 aliphatic heterocycles. The van der Waals surface area contributed by atoms with Gasteiger partial charge in [-0.3, -0.25) is 14.0 Å². The number of fused-ring (bicyclic) bond motifs is 1. The van der Waals surface area contributed by atoms with Crippen LogP contribution in [0.2, 0.25) is 0 Å². The number of hydrogen-bond donors (Lipinski definition) is 1. The van der Waals surface area contributed by atoms with Crippen molar-refractivity contribution in [2.75, 3.05) is 6.54 Å². The lowest BCUT2D eigenvalue weighted by Crippen LogP contribution is -2.31. The summed E-state index contributed by atoms with van der Waals surface area (Å²) in [6.07, 6.45) is 2.34. The molecule has 204 valence electrons. The third-order valence-electron chi connectivity index (χ3n) is 7.37. The van der Waals surface area contributed by atoms with E-state index in [1.807, 2.05) is 103 Å². The number of ether oxygens (including phenoxy) is 1. The normalized spacial score (nSPS) is 16.4. The summed E-state index contributed by atoms with van der Waals surface area (Å²) in [6.45, 7) is 2.46. The van der Waals surface area contributed by atoms with E-state index < -0.39 is 17.7 Å². The van der Waals surface area contributed by atoms with Gasteiger partial charge in [-0.05, 0) is 54.3 Å². The fraction of sp³-hybridized carbons (Fsp3) is 0.147. The Balaban J connectivity index is 1.43. The summed E-state index contributed by atoms with van der Waals surface area (Å²) in [6, 6.07) is 31.7. The van der Waals surface area contributed by atoms with Gasteiger partial charge in [-0.2, -0.15) is 0 Å². The molecule has 41 heavy (non-hydrogen) atoms. The van der Waals surface area contributed by atoms with Crippen LogP contribution in [0.3, 0.4) is 0 Å². The lowest BCUT2D eigenvalue weighted by atomic mass is 9.96. The minimum Gasteiger partial charge on any atom is -0.505 e. The van der Waals surface area contributed by atoms with Gasteiger partial charge in [-0.1, -0.05) is 78.9 Å². The Morgan fingerprint density at radius 3 is 2.34 bits per heavy atom. The van der Waals surface area contributed by atoms with E-state index in [4.69, 9.17) is 4.74 Å². The maximum Gasteiger partial charge on any atom is 0.295 e. The molecule has 0 spiro atoms. The number of amides is 1. The highest BCUT2D eigenvalue weighted by Gasteiger charge is 2.46. The topological polar surface area (TPSA) is 84.1 Å². The maximum atomic E-state index is 13.6. The summed E-state index contributed by atoms with van der Waals surface area (Å²) in [7, 11) is 0. The van der Waals surface area contributed by atoms with Crippen molar-refractivity contribution < 1.29 is 19.4 Å². The van der Waals surface area contributed by atoms with Crippen LogP contribution in [0.15, 0.2) is 115 Å². The van der Waals surface area contributed by atoms with Gasteiger partial charge in [0.15, 0.2) is 5.76 Å². The van der Waals surface area contributed by atoms with Crippen molar-refractivity contribution >= 4 is 23.1 Å². The predicted octanol–water partition coefficient (Wildman–Crippen LogP) is 5.89. The molecule has 5 aromatic rings. The summed E-state index contributed by atoms with van der Waals surface area (Å²) in [4.78, 5) is 33.2. The number of rotatable bonds is 8. The van der Waals surface area contributed by atoms with Gasteiger partial charge in [0.1, 0.15) is 23.7 Å². The van der Waals surface area contributed by atoms with Gasteiger partial charge in [0.05, 0.1) is 17.3 Å². The molecule has 0 saturated carbocycles. The van der Waals surface area contributed by atoms with Crippen molar-refractivity contribution in [1.29, 1.82) is 0 Å². The summed E-state index contributed by atoms with van der Waals surface area (Å²) in [5.41, 5.74) is 4.37. The average molecular weight is 544 g/mol. The number of carbonyl (C=O) groups excluding carboxylic acids is 2. The van der Waals surface area contributed by atoms with Gasteiger partial charge in [0, 0.05) is 12.7 Å². The van der Waals surface area contributed by atoms with E-state index in [0.29, 0.717) is 47.9 Å². The predicted molar refractivity (Wildman–Crippen MR) is 156 cm³/mol. The Morgan fingerprint density at radius 1 is 0.878 bits per heavy atom. The van der Waals surface area contributed by atoms with Crippen molar-refractivity contribution in [3.63, 3.8) is 0 Å². The molecule has 1 amide bonds. The summed E-state index contributed by atoms with van der Waals surface area (Å²) < 4.78 is 7.81. The number of Topliss-reactive ketones (excluding diaryl/α,β-unsaturated/α-hetero) is 1. The zero-order valence-corrected chi connectivity index (χ0v) is 22.6. The Kier molecular flexibility index (Phi) is 7.08. The second-order valence-corrected chi connectivity index (χ2v) is 10.0. The molecule has 1 N–H and O–H groups in total. The number of benzene rings is 3. The first kappa shape index (κ1) is 26.1. The van der Waals surface area contributed by atoms with Crippen molar-refractivity contribution in [2.24, 2.45) is 0 Å². The highest BCUT2D eigenvalue weighted by atomic mass is 16.5. The van der Waals surface area contributed by atoms with Gasteiger partial charge in [-0.15, -0.1) is 0 Å². The molecule has 3 aromatic carbocycles. The number of ketones is 1. The smallest absolute Gasteiger partial charge is 0.295 e. The van der Waals surface area contributed by atoms with E-state index in [0.717, 1.165) is 11.1 Å². The van der Waals surface area contributed by atoms with Crippen LogP contribution in [0.1, 0.15) is 34.1 Å². The van der Waals surface area contributed by atoms with Crippen LogP contribution in [-0.4, -0.2) is 37.6 Å². The molecule has 0 aliphatic carbocycles. The third-order valence-corrected chi connectivity index (χ3v) is 7.37. The van der Waals surface area contributed by atoms with Crippen LogP contribution in [0, 0.1) is 6.92 Å². The summed E-state index contributed by atoms with van der Waals surface area (Å²) in [5.74, 6) is -1.01. The zero-order chi connectivity index (χ0) is 28.3. The van der Waals surface area contributed by atoms with E-state index in [9.17, 15) is 14.7 Å². The average Bonchev–Trinajstić information content (AvgIpc) is 3.48. The maximum absolute atomic E-state index is 13.6. The van der Waals surface area contributed by atoms with Crippen molar-refractivity contribution in [3.8, 4) is 5.75 Å². The molecular formula is C34H29N3O4. The van der Waals surface area contributed by atoms with Gasteiger partial charge in [-0.25, -0.2) is 4.98 Å². The molecule has 1 saturated heterocycles. The molecule has 0 radical (unpaired) electrons. The first-order valence-corrected chi connectivity index (χ1v) is 13.5. The van der Waals surface area contributed by atoms with Crippen LogP contribution in [0.5, 0.6) is 5.75 Å². The standard InChI is InChI=1S/C34H29N3O4/c1-23-30(36-19-9-8-17-28(36)35-23)32(38)29-31(37(34(40)33(29)39)20-18-24-11-4-2-5-12-24)26-15-10-16-27(21-26)41-22-25-13-6-3-7-14-25/h2-17,19,21,31,38H,18,20,22H2,1H3. The Labute approximate surface area is 238 Å². The van der Waals surface area contributed by atoms with Gasteiger partial charge < -0.3 is 14.7 Å². The second kappa shape index (κ2) is 11.1. The quantitative estimate of drug-likeness (QED) is 0.150.